The Kier molecular flexibility index (Phi) is 7.55. The zero-order chi connectivity index (χ0) is 29.3. The largest absolute Gasteiger partial charge is 0.449 e. The van der Waals surface area contributed by atoms with E-state index in [1.165, 1.54) is 33.3 Å². The van der Waals surface area contributed by atoms with Crippen LogP contribution in [0.15, 0.2) is 36.7 Å². The monoisotopic (exact) mass is 565 g/mol. The summed E-state index contributed by atoms with van der Waals surface area (Å²) in [5.41, 5.74) is 1.36. The van der Waals surface area contributed by atoms with E-state index in [9.17, 15) is 19.6 Å². The topological polar surface area (TPSA) is 155 Å². The SMILES string of the molecule is CNC(=O)OCC1CC(Nc2cc(-c3ccc4cc(C#N)cnn34)ncc2-c2nnn(C[C@@H](F)C(C)(C)O)c2F)C1. The smallest absolute Gasteiger partial charge is 0.406 e. The van der Waals surface area contributed by atoms with E-state index in [1.807, 2.05) is 12.1 Å². The number of anilines is 1. The molecule has 41 heavy (non-hydrogen) atoms. The van der Waals surface area contributed by atoms with Gasteiger partial charge in [-0.25, -0.2) is 18.4 Å². The average molecular weight is 566 g/mol. The maximum absolute atomic E-state index is 15.4. The van der Waals surface area contributed by atoms with Gasteiger partial charge in [0.25, 0.3) is 0 Å². The number of amides is 1. The number of nitrogens with one attached hydrogen (secondary N) is 2. The van der Waals surface area contributed by atoms with Crippen LogP contribution in [0.3, 0.4) is 0 Å². The van der Waals surface area contributed by atoms with E-state index in [2.05, 4.69) is 37.1 Å². The number of nitriles is 1. The third kappa shape index (κ3) is 5.80. The van der Waals surface area contributed by atoms with Gasteiger partial charge in [-0.05, 0) is 56.9 Å². The number of ether oxygens (including phenoxy) is 1. The summed E-state index contributed by atoms with van der Waals surface area (Å²) in [6.45, 7) is 2.36. The molecule has 14 heteroatoms. The molecule has 0 bridgehead atoms. The lowest BCUT2D eigenvalue weighted by Crippen LogP contribution is -2.39. The van der Waals surface area contributed by atoms with E-state index in [1.54, 1.807) is 16.6 Å². The lowest BCUT2D eigenvalue weighted by molar-refractivity contribution is -0.0133. The predicted octanol–water partition coefficient (Wildman–Crippen LogP) is 3.32. The summed E-state index contributed by atoms with van der Waals surface area (Å²) in [7, 11) is 1.50. The highest BCUT2D eigenvalue weighted by molar-refractivity contribution is 5.79. The number of alkyl carbamates (subject to hydrolysis) is 1. The van der Waals surface area contributed by atoms with Gasteiger partial charge in [0.1, 0.15) is 12.2 Å². The third-order valence-electron chi connectivity index (χ3n) is 7.08. The summed E-state index contributed by atoms with van der Waals surface area (Å²) in [5, 5.41) is 37.1. The Hall–Kier alpha value is -4.64. The van der Waals surface area contributed by atoms with Gasteiger partial charge in [-0.2, -0.15) is 14.8 Å². The van der Waals surface area contributed by atoms with Crippen molar-refractivity contribution < 1.29 is 23.4 Å². The van der Waals surface area contributed by atoms with Gasteiger partial charge in [-0.3, -0.25) is 4.98 Å². The normalized spacial score (nSPS) is 17.5. The summed E-state index contributed by atoms with van der Waals surface area (Å²) < 4.78 is 37.5. The molecule has 1 atom stereocenters. The van der Waals surface area contributed by atoms with E-state index in [-0.39, 0.29) is 24.3 Å². The zero-order valence-corrected chi connectivity index (χ0v) is 22.7. The lowest BCUT2D eigenvalue weighted by Gasteiger charge is -2.36. The predicted molar refractivity (Wildman–Crippen MR) is 144 cm³/mol. The zero-order valence-electron chi connectivity index (χ0n) is 22.7. The first-order valence-electron chi connectivity index (χ1n) is 13.0. The Bertz CT molecular complexity index is 1620. The summed E-state index contributed by atoms with van der Waals surface area (Å²) in [4.78, 5) is 15.9. The van der Waals surface area contributed by atoms with Crippen molar-refractivity contribution in [3.05, 3.63) is 48.2 Å². The molecule has 0 saturated heterocycles. The average Bonchev–Trinajstić information content (AvgIpc) is 3.51. The van der Waals surface area contributed by atoms with Gasteiger partial charge in [0, 0.05) is 30.5 Å². The molecule has 1 aliphatic carbocycles. The Morgan fingerprint density at radius 3 is 2.80 bits per heavy atom. The molecule has 12 nitrogen and oxygen atoms in total. The van der Waals surface area contributed by atoms with E-state index < -0.39 is 30.4 Å². The van der Waals surface area contributed by atoms with Crippen LogP contribution in [0.1, 0.15) is 32.3 Å². The number of carbonyl (C=O) groups is 1. The quantitative estimate of drug-likeness (QED) is 0.277. The number of rotatable bonds is 9. The number of hydrogen-bond donors (Lipinski definition) is 3. The molecule has 4 heterocycles. The molecule has 4 aromatic rings. The highest BCUT2D eigenvalue weighted by atomic mass is 19.1. The Labute approximate surface area is 233 Å². The van der Waals surface area contributed by atoms with Crippen molar-refractivity contribution >= 4 is 17.3 Å². The van der Waals surface area contributed by atoms with Crippen LogP contribution >= 0.6 is 0 Å². The maximum atomic E-state index is 15.4. The first-order valence-corrected chi connectivity index (χ1v) is 13.0. The van der Waals surface area contributed by atoms with Crippen molar-refractivity contribution in [1.82, 2.24) is 34.9 Å². The number of fused-ring (bicyclic) bond motifs is 1. The molecule has 0 aliphatic heterocycles. The number of nitrogens with zero attached hydrogens (tertiary/aromatic N) is 7. The minimum Gasteiger partial charge on any atom is -0.449 e. The van der Waals surface area contributed by atoms with E-state index in [0.717, 1.165) is 4.68 Å². The van der Waals surface area contributed by atoms with Crippen LogP contribution in [0.5, 0.6) is 0 Å². The summed E-state index contributed by atoms with van der Waals surface area (Å²) in [6, 6.07) is 9.16. The lowest BCUT2D eigenvalue weighted by atomic mass is 9.80. The fraction of sp³-hybridized carbons (Fsp3) is 0.407. The van der Waals surface area contributed by atoms with Crippen LogP contribution in [-0.4, -0.2) is 72.3 Å². The molecule has 214 valence electrons. The van der Waals surface area contributed by atoms with Gasteiger partial charge in [0.2, 0.25) is 5.95 Å². The fourth-order valence-corrected chi connectivity index (χ4v) is 4.59. The first-order chi connectivity index (χ1) is 19.6. The number of hydrogen-bond acceptors (Lipinski definition) is 9. The van der Waals surface area contributed by atoms with Crippen LogP contribution in [0.2, 0.25) is 0 Å². The van der Waals surface area contributed by atoms with Crippen LogP contribution in [0.4, 0.5) is 19.3 Å². The molecule has 5 rings (SSSR count). The summed E-state index contributed by atoms with van der Waals surface area (Å²) in [5.74, 6) is -0.692. The summed E-state index contributed by atoms with van der Waals surface area (Å²) in [6.07, 6.45) is 2.09. The molecule has 1 aliphatic rings. The maximum Gasteiger partial charge on any atom is 0.406 e. The molecule has 1 fully saturated rings. The second kappa shape index (κ2) is 11.1. The Morgan fingerprint density at radius 2 is 2.10 bits per heavy atom. The number of aliphatic hydroxyl groups is 1. The van der Waals surface area contributed by atoms with Gasteiger partial charge >= 0.3 is 6.09 Å². The molecular formula is C27H29F2N9O3. The van der Waals surface area contributed by atoms with Gasteiger partial charge < -0.3 is 20.5 Å². The molecule has 4 aromatic heterocycles. The minimum absolute atomic E-state index is 0.00572. The number of halogens is 2. The Morgan fingerprint density at radius 1 is 1.32 bits per heavy atom. The van der Waals surface area contributed by atoms with Gasteiger partial charge in [-0.15, -0.1) is 5.10 Å². The van der Waals surface area contributed by atoms with Gasteiger partial charge in [0.15, 0.2) is 5.69 Å². The molecule has 0 aromatic carbocycles. The third-order valence-corrected chi connectivity index (χ3v) is 7.08. The van der Waals surface area contributed by atoms with Gasteiger partial charge in [0.05, 0.1) is 47.4 Å². The van der Waals surface area contributed by atoms with Crippen molar-refractivity contribution in [3.63, 3.8) is 0 Å². The molecule has 1 amide bonds. The second-order valence-corrected chi connectivity index (χ2v) is 10.6. The molecule has 1 saturated carbocycles. The van der Waals surface area contributed by atoms with E-state index >= 15 is 4.39 Å². The molecule has 0 unspecified atom stereocenters. The summed E-state index contributed by atoms with van der Waals surface area (Å²) >= 11 is 0. The van der Waals surface area contributed by atoms with Gasteiger partial charge in [-0.1, -0.05) is 5.21 Å². The number of pyridine rings is 1. The van der Waals surface area contributed by atoms with Crippen molar-refractivity contribution in [2.24, 2.45) is 5.92 Å². The second-order valence-electron chi connectivity index (χ2n) is 10.6. The van der Waals surface area contributed by atoms with Crippen molar-refractivity contribution in [2.45, 2.75) is 51.0 Å². The van der Waals surface area contributed by atoms with Crippen molar-refractivity contribution in [2.75, 3.05) is 19.0 Å². The van der Waals surface area contributed by atoms with Crippen LogP contribution in [0.25, 0.3) is 28.2 Å². The molecular weight excluding hydrogens is 536 g/mol. The number of alkyl halides is 1. The fourth-order valence-electron chi connectivity index (χ4n) is 4.59. The molecule has 3 N–H and O–H groups in total. The van der Waals surface area contributed by atoms with Crippen molar-refractivity contribution in [3.8, 4) is 28.7 Å². The van der Waals surface area contributed by atoms with Crippen LogP contribution < -0.4 is 10.6 Å². The first kappa shape index (κ1) is 27.9. The van der Waals surface area contributed by atoms with E-state index in [4.69, 9.17) is 4.74 Å². The van der Waals surface area contributed by atoms with Crippen LogP contribution in [-0.2, 0) is 11.3 Å². The number of carbonyl (C=O) groups excluding carboxylic acids is 1. The number of aromatic nitrogens is 6. The van der Waals surface area contributed by atoms with E-state index in [0.29, 0.717) is 46.6 Å². The van der Waals surface area contributed by atoms with Crippen LogP contribution in [0, 0.1) is 23.2 Å². The Balaban J connectivity index is 1.46. The highest BCUT2D eigenvalue weighted by Gasteiger charge is 2.32. The standard InChI is InChI=1S/C27H29F2N9O3/c1-27(2,40)23(28)13-37-25(29)24(35-36-37)19-12-32-21(22-5-4-18-8-16(10-30)11-33-38(18)22)9-20(19)34-17-6-15(7-17)14-41-26(39)31-3/h4-5,8-9,11-12,15,17,23,40H,6-7,13-14H2,1-3H3,(H,31,39)(H,32,34)/t15?,17?,23-/m1/s1. The molecule has 0 radical (unpaired) electrons. The van der Waals surface area contributed by atoms with Crippen molar-refractivity contribution in [1.29, 1.82) is 5.26 Å². The minimum atomic E-state index is -1.77. The molecule has 0 spiro atoms. The highest BCUT2D eigenvalue weighted by Crippen LogP contribution is 2.36.